The Morgan fingerprint density at radius 3 is 2.96 bits per heavy atom. The third-order valence-electron chi connectivity index (χ3n) is 4.14. The molecule has 0 aromatic carbocycles. The molecule has 0 radical (unpaired) electrons. The average Bonchev–Trinajstić information content (AvgIpc) is 3.00. The molecule has 0 saturated carbocycles. The zero-order valence-corrected chi connectivity index (χ0v) is 14.7. The summed E-state index contributed by atoms with van der Waals surface area (Å²) in [6.07, 6.45) is 5.46. The summed E-state index contributed by atoms with van der Waals surface area (Å²) in [5.41, 5.74) is 1.92. The fourth-order valence-corrected chi connectivity index (χ4v) is 2.79. The van der Waals surface area contributed by atoms with E-state index in [-0.39, 0.29) is 12.0 Å². The van der Waals surface area contributed by atoms with Crippen LogP contribution in [-0.2, 0) is 16.1 Å². The van der Waals surface area contributed by atoms with E-state index in [9.17, 15) is 0 Å². The average molecular weight is 330 g/mol. The Kier molecular flexibility index (Phi) is 5.58. The molecule has 1 aliphatic heterocycles. The number of aromatic nitrogens is 4. The number of pyridine rings is 1. The topological polar surface area (TPSA) is 62.1 Å². The quantitative estimate of drug-likeness (QED) is 0.814. The Balaban J connectivity index is 1.73. The van der Waals surface area contributed by atoms with E-state index in [1.807, 2.05) is 23.7 Å². The van der Waals surface area contributed by atoms with E-state index in [0.29, 0.717) is 13.2 Å². The normalized spacial score (nSPS) is 18.2. The van der Waals surface area contributed by atoms with Crippen molar-refractivity contribution in [3.63, 3.8) is 0 Å². The van der Waals surface area contributed by atoms with Crippen LogP contribution < -0.4 is 0 Å². The molecule has 1 fully saturated rings. The molecule has 1 aliphatic rings. The summed E-state index contributed by atoms with van der Waals surface area (Å²) in [4.78, 5) is 8.91. The van der Waals surface area contributed by atoms with Crippen molar-refractivity contribution in [3.05, 3.63) is 35.7 Å². The Morgan fingerprint density at radius 1 is 1.38 bits per heavy atom. The molecule has 0 bridgehead atoms. The van der Waals surface area contributed by atoms with E-state index in [1.165, 1.54) is 6.42 Å². The fourth-order valence-electron chi connectivity index (χ4n) is 2.79. The SMILES string of the molecule is Cc1cc(-n2nc(C(C)C)nc2COC[C@H]2CCCCO2)ccn1. The zero-order chi connectivity index (χ0) is 16.9. The maximum Gasteiger partial charge on any atom is 0.158 e. The molecule has 0 aliphatic carbocycles. The third kappa shape index (κ3) is 4.19. The molecular weight excluding hydrogens is 304 g/mol. The Bertz CT molecular complexity index is 663. The van der Waals surface area contributed by atoms with E-state index in [2.05, 4.69) is 28.9 Å². The van der Waals surface area contributed by atoms with Crippen LogP contribution in [0.3, 0.4) is 0 Å². The molecule has 0 spiro atoms. The van der Waals surface area contributed by atoms with E-state index >= 15 is 0 Å². The highest BCUT2D eigenvalue weighted by Gasteiger charge is 2.17. The van der Waals surface area contributed by atoms with Crippen LogP contribution in [0.25, 0.3) is 5.69 Å². The van der Waals surface area contributed by atoms with Crippen molar-refractivity contribution in [2.75, 3.05) is 13.2 Å². The first-order valence-corrected chi connectivity index (χ1v) is 8.71. The molecule has 0 N–H and O–H groups in total. The standard InChI is InChI=1S/C18H26N4O2/c1-13(2)18-20-17(12-23-11-16-6-4-5-9-24-16)22(21-18)15-7-8-19-14(3)10-15/h7-8,10,13,16H,4-6,9,11-12H2,1-3H3/t16-/m1/s1. The Labute approximate surface area is 143 Å². The van der Waals surface area contributed by atoms with Gasteiger partial charge in [-0.05, 0) is 38.3 Å². The van der Waals surface area contributed by atoms with Crippen LogP contribution >= 0.6 is 0 Å². The van der Waals surface area contributed by atoms with Gasteiger partial charge < -0.3 is 9.47 Å². The highest BCUT2D eigenvalue weighted by atomic mass is 16.5. The van der Waals surface area contributed by atoms with Crippen molar-refractivity contribution in [1.82, 2.24) is 19.7 Å². The summed E-state index contributed by atoms with van der Waals surface area (Å²) in [6, 6.07) is 3.95. The van der Waals surface area contributed by atoms with Crippen molar-refractivity contribution in [1.29, 1.82) is 0 Å². The Morgan fingerprint density at radius 2 is 2.25 bits per heavy atom. The third-order valence-corrected chi connectivity index (χ3v) is 4.14. The molecule has 0 amide bonds. The predicted octanol–water partition coefficient (Wildman–Crippen LogP) is 3.18. The van der Waals surface area contributed by atoms with Crippen LogP contribution in [0.15, 0.2) is 18.3 Å². The van der Waals surface area contributed by atoms with Crippen molar-refractivity contribution in [2.24, 2.45) is 0 Å². The first-order chi connectivity index (χ1) is 11.6. The number of nitrogens with zero attached hydrogens (tertiary/aromatic N) is 4. The molecule has 0 unspecified atom stereocenters. The minimum absolute atomic E-state index is 0.211. The molecule has 1 saturated heterocycles. The van der Waals surface area contributed by atoms with Crippen LogP contribution in [-0.4, -0.2) is 39.1 Å². The van der Waals surface area contributed by atoms with Gasteiger partial charge in [0, 0.05) is 24.4 Å². The van der Waals surface area contributed by atoms with Gasteiger partial charge in [0.1, 0.15) is 6.61 Å². The molecule has 3 rings (SSSR count). The molecule has 2 aromatic heterocycles. The van der Waals surface area contributed by atoms with E-state index in [0.717, 1.165) is 42.5 Å². The monoisotopic (exact) mass is 330 g/mol. The molecule has 24 heavy (non-hydrogen) atoms. The van der Waals surface area contributed by atoms with Crippen LogP contribution in [0.4, 0.5) is 0 Å². The number of rotatable bonds is 6. The number of ether oxygens (including phenoxy) is 2. The van der Waals surface area contributed by atoms with E-state index in [4.69, 9.17) is 9.47 Å². The van der Waals surface area contributed by atoms with Gasteiger partial charge in [0.05, 0.1) is 18.4 Å². The highest BCUT2D eigenvalue weighted by molar-refractivity contribution is 5.31. The summed E-state index contributed by atoms with van der Waals surface area (Å²) >= 11 is 0. The van der Waals surface area contributed by atoms with Gasteiger partial charge in [-0.3, -0.25) is 4.98 Å². The summed E-state index contributed by atoms with van der Waals surface area (Å²) in [6.45, 7) is 8.05. The van der Waals surface area contributed by atoms with Crippen LogP contribution in [0.5, 0.6) is 0 Å². The largest absolute Gasteiger partial charge is 0.376 e. The van der Waals surface area contributed by atoms with Gasteiger partial charge in [0.15, 0.2) is 11.6 Å². The number of hydrogen-bond donors (Lipinski definition) is 0. The molecule has 2 aromatic rings. The first kappa shape index (κ1) is 17.0. The summed E-state index contributed by atoms with van der Waals surface area (Å²) in [7, 11) is 0. The van der Waals surface area contributed by atoms with Gasteiger partial charge in [0.2, 0.25) is 0 Å². The van der Waals surface area contributed by atoms with E-state index < -0.39 is 0 Å². The molecular formula is C18H26N4O2. The van der Waals surface area contributed by atoms with Crippen molar-refractivity contribution < 1.29 is 9.47 Å². The van der Waals surface area contributed by atoms with Crippen LogP contribution in [0.2, 0.25) is 0 Å². The van der Waals surface area contributed by atoms with Gasteiger partial charge >= 0.3 is 0 Å². The van der Waals surface area contributed by atoms with Crippen molar-refractivity contribution >= 4 is 0 Å². The summed E-state index contributed by atoms with van der Waals surface area (Å²) in [5, 5.41) is 4.65. The van der Waals surface area contributed by atoms with Gasteiger partial charge in [-0.2, -0.15) is 5.10 Å². The maximum absolute atomic E-state index is 5.88. The minimum atomic E-state index is 0.211. The zero-order valence-electron chi connectivity index (χ0n) is 14.7. The minimum Gasteiger partial charge on any atom is -0.376 e. The molecule has 6 nitrogen and oxygen atoms in total. The first-order valence-electron chi connectivity index (χ1n) is 8.71. The summed E-state index contributed by atoms with van der Waals surface area (Å²) < 4.78 is 13.5. The van der Waals surface area contributed by atoms with Gasteiger partial charge in [-0.1, -0.05) is 13.8 Å². The van der Waals surface area contributed by atoms with Gasteiger partial charge in [-0.15, -0.1) is 0 Å². The van der Waals surface area contributed by atoms with Gasteiger partial charge in [0.25, 0.3) is 0 Å². The smallest absolute Gasteiger partial charge is 0.158 e. The fraction of sp³-hybridized carbons (Fsp3) is 0.611. The number of aryl methyl sites for hydroxylation is 1. The molecule has 130 valence electrons. The van der Waals surface area contributed by atoms with Crippen molar-refractivity contribution in [3.8, 4) is 5.69 Å². The lowest BCUT2D eigenvalue weighted by Gasteiger charge is -2.22. The van der Waals surface area contributed by atoms with Gasteiger partial charge in [-0.25, -0.2) is 9.67 Å². The second kappa shape index (κ2) is 7.85. The molecule has 3 heterocycles. The van der Waals surface area contributed by atoms with Crippen LogP contribution in [0, 0.1) is 6.92 Å². The Hall–Kier alpha value is -1.79. The lowest BCUT2D eigenvalue weighted by atomic mass is 10.1. The predicted molar refractivity (Wildman–Crippen MR) is 91.2 cm³/mol. The lowest BCUT2D eigenvalue weighted by Crippen LogP contribution is -2.24. The second-order valence-corrected chi connectivity index (χ2v) is 6.61. The lowest BCUT2D eigenvalue weighted by molar-refractivity contribution is -0.0460. The van der Waals surface area contributed by atoms with E-state index in [1.54, 1.807) is 6.20 Å². The maximum atomic E-state index is 5.88. The number of hydrogen-bond acceptors (Lipinski definition) is 5. The molecule has 6 heteroatoms. The highest BCUT2D eigenvalue weighted by Crippen LogP contribution is 2.17. The second-order valence-electron chi connectivity index (χ2n) is 6.61. The van der Waals surface area contributed by atoms with Crippen molar-refractivity contribution in [2.45, 2.75) is 58.7 Å². The van der Waals surface area contributed by atoms with Crippen LogP contribution in [0.1, 0.15) is 56.4 Å². The molecule has 1 atom stereocenters. The summed E-state index contributed by atoms with van der Waals surface area (Å²) in [5.74, 6) is 1.92.